The normalized spacial score (nSPS) is 10.8. The first-order chi connectivity index (χ1) is 24.1. The molecule has 0 fully saturated rings. The van der Waals surface area contributed by atoms with E-state index in [2.05, 4.69) is 0 Å². The predicted octanol–water partition coefficient (Wildman–Crippen LogP) is 9.91. The van der Waals surface area contributed by atoms with Gasteiger partial charge in [0, 0.05) is 11.6 Å². The third kappa shape index (κ3) is 7.99. The van der Waals surface area contributed by atoms with Crippen LogP contribution in [0.3, 0.4) is 0 Å². The van der Waals surface area contributed by atoms with Crippen molar-refractivity contribution in [1.82, 2.24) is 0 Å². The number of nitrogens with zero attached hydrogens (tertiary/aromatic N) is 1. The number of hydrogen-bond acceptors (Lipinski definition) is 6. The van der Waals surface area contributed by atoms with E-state index < -0.39 is 22.7 Å². The Morgan fingerprint density at radius 3 is 1.56 bits per heavy atom. The van der Waals surface area contributed by atoms with Crippen molar-refractivity contribution in [1.29, 1.82) is 0 Å². The standard InChI is InChI=1S/C42H32FNO6/c1-27-3-9-30(10-4-27)32-17-21-37(22-18-32)49-41(45)35-16-15-34(39(43)25-35)14-8-29-6-12-31(13-7-29)33-19-23-38(24-20-33)50-42(46)36-11-5-28(2)40(26-36)44(47)48/h3-7,9-13,15-26H,8,14H2,1-2H3. The van der Waals surface area contributed by atoms with Crippen LogP contribution in [0.5, 0.6) is 11.5 Å². The highest BCUT2D eigenvalue weighted by Crippen LogP contribution is 2.26. The van der Waals surface area contributed by atoms with Crippen molar-refractivity contribution in [2.75, 3.05) is 0 Å². The topological polar surface area (TPSA) is 95.7 Å². The minimum Gasteiger partial charge on any atom is -0.423 e. The first kappa shape index (κ1) is 33.5. The highest BCUT2D eigenvalue weighted by molar-refractivity contribution is 5.92. The highest BCUT2D eigenvalue weighted by atomic mass is 19.1. The van der Waals surface area contributed by atoms with Crippen molar-refractivity contribution in [3.63, 3.8) is 0 Å². The lowest BCUT2D eigenvalue weighted by Gasteiger charge is -2.09. The van der Waals surface area contributed by atoms with Crippen LogP contribution < -0.4 is 9.47 Å². The van der Waals surface area contributed by atoms with E-state index in [0.29, 0.717) is 35.5 Å². The number of carbonyl (C=O) groups is 2. The Kier molecular flexibility index (Phi) is 9.90. The molecule has 0 aliphatic carbocycles. The van der Waals surface area contributed by atoms with Crippen molar-refractivity contribution in [3.8, 4) is 33.8 Å². The quantitative estimate of drug-likeness (QED) is 0.0626. The molecule has 6 aromatic rings. The Balaban J connectivity index is 1.01. The van der Waals surface area contributed by atoms with Gasteiger partial charge in [0.15, 0.2) is 0 Å². The highest BCUT2D eigenvalue weighted by Gasteiger charge is 2.17. The Hall–Kier alpha value is -6.41. The molecule has 8 heteroatoms. The summed E-state index contributed by atoms with van der Waals surface area (Å²) in [6, 6.07) is 38.8. The van der Waals surface area contributed by atoms with Crippen LogP contribution in [-0.2, 0) is 12.8 Å². The second-order valence-corrected chi connectivity index (χ2v) is 12.0. The zero-order valence-corrected chi connectivity index (χ0v) is 27.4. The minimum absolute atomic E-state index is 0.0938. The van der Waals surface area contributed by atoms with Gasteiger partial charge < -0.3 is 9.47 Å². The molecule has 0 saturated heterocycles. The molecule has 0 heterocycles. The number of esters is 2. The van der Waals surface area contributed by atoms with Gasteiger partial charge in [-0.25, -0.2) is 14.0 Å². The van der Waals surface area contributed by atoms with Crippen LogP contribution in [-0.4, -0.2) is 16.9 Å². The van der Waals surface area contributed by atoms with Crippen LogP contribution in [0.2, 0.25) is 0 Å². The molecule has 6 rings (SSSR count). The summed E-state index contributed by atoms with van der Waals surface area (Å²) in [5.41, 5.74) is 7.15. The summed E-state index contributed by atoms with van der Waals surface area (Å²) in [6.07, 6.45) is 1.05. The Labute approximate surface area is 288 Å². The van der Waals surface area contributed by atoms with Gasteiger partial charge in [0.05, 0.1) is 16.1 Å². The fraction of sp³-hybridized carbons (Fsp3) is 0.0952. The molecule has 0 amide bonds. The number of rotatable bonds is 10. The maximum absolute atomic E-state index is 15.0. The van der Waals surface area contributed by atoms with E-state index in [-0.39, 0.29) is 16.8 Å². The number of ether oxygens (including phenoxy) is 2. The van der Waals surface area contributed by atoms with Gasteiger partial charge in [-0.3, -0.25) is 10.1 Å². The summed E-state index contributed by atoms with van der Waals surface area (Å²) >= 11 is 0. The maximum Gasteiger partial charge on any atom is 0.343 e. The Morgan fingerprint density at radius 2 is 1.06 bits per heavy atom. The Morgan fingerprint density at radius 1 is 0.600 bits per heavy atom. The van der Waals surface area contributed by atoms with Crippen LogP contribution in [0, 0.1) is 29.8 Å². The molecule has 0 aliphatic rings. The van der Waals surface area contributed by atoms with E-state index in [1.54, 1.807) is 43.3 Å². The third-order valence-corrected chi connectivity index (χ3v) is 8.42. The monoisotopic (exact) mass is 665 g/mol. The van der Waals surface area contributed by atoms with Crippen LogP contribution >= 0.6 is 0 Å². The zero-order chi connectivity index (χ0) is 35.2. The molecule has 0 aromatic heterocycles. The van der Waals surface area contributed by atoms with Gasteiger partial charge in [-0.05, 0) is 103 Å². The number of nitro groups is 1. The summed E-state index contributed by atoms with van der Waals surface area (Å²) < 4.78 is 25.9. The molecule has 6 aromatic carbocycles. The molecule has 248 valence electrons. The molecule has 0 atom stereocenters. The van der Waals surface area contributed by atoms with Gasteiger partial charge in [0.25, 0.3) is 5.69 Å². The molecule has 7 nitrogen and oxygen atoms in total. The number of benzene rings is 6. The van der Waals surface area contributed by atoms with E-state index in [1.165, 1.54) is 29.8 Å². The van der Waals surface area contributed by atoms with Crippen molar-refractivity contribution < 1.29 is 28.4 Å². The minimum atomic E-state index is -0.684. The molecule has 0 N–H and O–H groups in total. The molecule has 0 bridgehead atoms. The van der Waals surface area contributed by atoms with Crippen LogP contribution in [0.1, 0.15) is 43.0 Å². The first-order valence-electron chi connectivity index (χ1n) is 16.0. The van der Waals surface area contributed by atoms with E-state index in [9.17, 15) is 19.7 Å². The lowest BCUT2D eigenvalue weighted by molar-refractivity contribution is -0.385. The smallest absolute Gasteiger partial charge is 0.343 e. The zero-order valence-electron chi connectivity index (χ0n) is 27.4. The molecule has 0 radical (unpaired) electrons. The molecular weight excluding hydrogens is 633 g/mol. The molecule has 0 aliphatic heterocycles. The fourth-order valence-corrected chi connectivity index (χ4v) is 5.46. The van der Waals surface area contributed by atoms with E-state index in [1.807, 2.05) is 79.7 Å². The van der Waals surface area contributed by atoms with Gasteiger partial charge in [-0.1, -0.05) is 90.5 Å². The molecular formula is C42H32FNO6. The number of carbonyl (C=O) groups excluding carboxylic acids is 2. The summed E-state index contributed by atoms with van der Waals surface area (Å²) in [6.45, 7) is 3.64. The fourth-order valence-electron chi connectivity index (χ4n) is 5.46. The average Bonchev–Trinajstić information content (AvgIpc) is 3.12. The molecule has 50 heavy (non-hydrogen) atoms. The van der Waals surface area contributed by atoms with Crippen molar-refractivity contribution in [2.24, 2.45) is 0 Å². The molecule has 0 saturated carbocycles. The van der Waals surface area contributed by atoms with E-state index in [0.717, 1.165) is 27.8 Å². The van der Waals surface area contributed by atoms with Crippen LogP contribution in [0.25, 0.3) is 22.3 Å². The van der Waals surface area contributed by atoms with E-state index in [4.69, 9.17) is 9.47 Å². The summed E-state index contributed by atoms with van der Waals surface area (Å²) in [5, 5.41) is 11.2. The average molecular weight is 666 g/mol. The summed E-state index contributed by atoms with van der Waals surface area (Å²) in [5.74, 6) is -1.08. The molecule has 0 spiro atoms. The summed E-state index contributed by atoms with van der Waals surface area (Å²) in [7, 11) is 0. The predicted molar refractivity (Wildman–Crippen MR) is 190 cm³/mol. The van der Waals surface area contributed by atoms with E-state index >= 15 is 4.39 Å². The number of aryl methyl sites for hydroxylation is 4. The number of hydrogen-bond donors (Lipinski definition) is 0. The largest absolute Gasteiger partial charge is 0.423 e. The molecule has 0 unspecified atom stereocenters. The van der Waals surface area contributed by atoms with Gasteiger partial charge in [-0.2, -0.15) is 0 Å². The summed E-state index contributed by atoms with van der Waals surface area (Å²) in [4.78, 5) is 36.0. The van der Waals surface area contributed by atoms with Gasteiger partial charge in [-0.15, -0.1) is 0 Å². The van der Waals surface area contributed by atoms with Gasteiger partial charge in [0.2, 0.25) is 0 Å². The lowest BCUT2D eigenvalue weighted by atomic mass is 9.99. The number of halogens is 1. The van der Waals surface area contributed by atoms with Crippen molar-refractivity contribution in [2.45, 2.75) is 26.7 Å². The number of nitro benzene ring substituents is 1. The van der Waals surface area contributed by atoms with Crippen molar-refractivity contribution >= 4 is 17.6 Å². The third-order valence-electron chi connectivity index (χ3n) is 8.42. The second-order valence-electron chi connectivity index (χ2n) is 12.0. The first-order valence-corrected chi connectivity index (χ1v) is 16.0. The van der Waals surface area contributed by atoms with Crippen molar-refractivity contribution in [3.05, 3.63) is 183 Å². The maximum atomic E-state index is 15.0. The lowest BCUT2D eigenvalue weighted by Crippen LogP contribution is -2.09. The van der Waals surface area contributed by atoms with Gasteiger partial charge >= 0.3 is 11.9 Å². The SMILES string of the molecule is Cc1ccc(-c2ccc(OC(=O)c3ccc(CCc4ccc(-c5ccc(OC(=O)c6ccc(C)c([N+](=O)[O-])c6)cc5)cc4)c(F)c3)cc2)cc1. The van der Waals surface area contributed by atoms with Crippen LogP contribution in [0.4, 0.5) is 10.1 Å². The second kappa shape index (κ2) is 14.8. The van der Waals surface area contributed by atoms with Gasteiger partial charge in [0.1, 0.15) is 17.3 Å². The Bertz CT molecular complexity index is 2180. The van der Waals surface area contributed by atoms with Crippen LogP contribution in [0.15, 0.2) is 133 Å².